The lowest BCUT2D eigenvalue weighted by atomic mass is 10.2. The second-order valence-electron chi connectivity index (χ2n) is 4.84. The maximum atomic E-state index is 11.5. The molecule has 9 heteroatoms. The first kappa shape index (κ1) is 15.9. The van der Waals surface area contributed by atoms with Crippen LogP contribution in [0.1, 0.15) is 20.8 Å². The van der Waals surface area contributed by atoms with Crippen molar-refractivity contribution in [3.63, 3.8) is 0 Å². The summed E-state index contributed by atoms with van der Waals surface area (Å²) in [5.41, 5.74) is -2.13. The van der Waals surface area contributed by atoms with Gasteiger partial charge in [-0.2, -0.15) is 0 Å². The molecule has 0 saturated heterocycles. The van der Waals surface area contributed by atoms with Gasteiger partial charge in [0.05, 0.1) is 18.8 Å². The molecule has 1 N–H and O–H groups in total. The summed E-state index contributed by atoms with van der Waals surface area (Å²) < 4.78 is 28.7. The lowest BCUT2D eigenvalue weighted by Crippen LogP contribution is -2.34. The molecule has 19 heavy (non-hydrogen) atoms. The van der Waals surface area contributed by atoms with Gasteiger partial charge in [0.15, 0.2) is 4.90 Å². The number of hydrogen-bond acceptors (Lipinski definition) is 5. The van der Waals surface area contributed by atoms with Gasteiger partial charge in [0, 0.05) is 16.9 Å². The molecule has 0 amide bonds. The third-order valence-corrected chi connectivity index (χ3v) is 3.42. The van der Waals surface area contributed by atoms with Gasteiger partial charge in [-0.1, -0.05) is 0 Å². The van der Waals surface area contributed by atoms with Gasteiger partial charge in [0.25, 0.3) is 14.6 Å². The standard InChI is InChI=1S/C10H15ClN2O5S/c1-10(2,3)18-5-4-13-6-7(19(11,16)17)8(14)12-9(13)15/h6H,4-5H2,1-3H3,(H,12,14,15). The van der Waals surface area contributed by atoms with Crippen molar-refractivity contribution in [2.45, 2.75) is 37.8 Å². The van der Waals surface area contributed by atoms with E-state index in [0.29, 0.717) is 0 Å². The van der Waals surface area contributed by atoms with Crippen LogP contribution in [0.3, 0.4) is 0 Å². The van der Waals surface area contributed by atoms with Gasteiger partial charge in [0.1, 0.15) is 0 Å². The highest BCUT2D eigenvalue weighted by Gasteiger charge is 2.17. The lowest BCUT2D eigenvalue weighted by molar-refractivity contribution is -0.00733. The van der Waals surface area contributed by atoms with Crippen molar-refractivity contribution < 1.29 is 13.2 Å². The summed E-state index contributed by atoms with van der Waals surface area (Å²) in [6.07, 6.45) is 0.912. The number of rotatable bonds is 4. The molecular formula is C10H15ClN2O5S. The van der Waals surface area contributed by atoms with Crippen molar-refractivity contribution in [1.82, 2.24) is 9.55 Å². The van der Waals surface area contributed by atoms with Crippen molar-refractivity contribution >= 4 is 19.7 Å². The molecule has 0 unspecified atom stereocenters. The molecule has 0 radical (unpaired) electrons. The molecular weight excluding hydrogens is 296 g/mol. The highest BCUT2D eigenvalue weighted by molar-refractivity contribution is 8.13. The monoisotopic (exact) mass is 310 g/mol. The predicted molar refractivity (Wildman–Crippen MR) is 70.1 cm³/mol. The molecule has 0 atom stereocenters. The van der Waals surface area contributed by atoms with Crippen LogP contribution in [0.2, 0.25) is 0 Å². The number of nitrogens with zero attached hydrogens (tertiary/aromatic N) is 1. The van der Waals surface area contributed by atoms with Crippen LogP contribution in [0.4, 0.5) is 0 Å². The highest BCUT2D eigenvalue weighted by atomic mass is 35.7. The molecule has 1 heterocycles. The van der Waals surface area contributed by atoms with Crippen molar-refractivity contribution in [2.24, 2.45) is 0 Å². The summed E-state index contributed by atoms with van der Waals surface area (Å²) in [5.74, 6) is 0. The van der Waals surface area contributed by atoms with Gasteiger partial charge in [-0.05, 0) is 20.8 Å². The van der Waals surface area contributed by atoms with E-state index in [1.165, 1.54) is 0 Å². The highest BCUT2D eigenvalue weighted by Crippen LogP contribution is 2.08. The summed E-state index contributed by atoms with van der Waals surface area (Å²) in [6.45, 7) is 5.83. The second-order valence-corrected chi connectivity index (χ2v) is 7.38. The van der Waals surface area contributed by atoms with Crippen LogP contribution in [-0.4, -0.2) is 30.2 Å². The molecule has 1 aromatic rings. The van der Waals surface area contributed by atoms with Crippen LogP contribution in [0.5, 0.6) is 0 Å². The number of aromatic amines is 1. The Bertz CT molecular complexity index is 668. The van der Waals surface area contributed by atoms with E-state index in [-0.39, 0.29) is 18.8 Å². The Morgan fingerprint density at radius 3 is 2.42 bits per heavy atom. The Morgan fingerprint density at radius 2 is 1.95 bits per heavy atom. The van der Waals surface area contributed by atoms with Crippen molar-refractivity contribution in [1.29, 1.82) is 0 Å². The molecule has 0 saturated carbocycles. The second kappa shape index (κ2) is 5.48. The molecule has 0 aliphatic heterocycles. The zero-order valence-corrected chi connectivity index (χ0v) is 12.3. The van der Waals surface area contributed by atoms with E-state index in [9.17, 15) is 18.0 Å². The number of hydrogen-bond donors (Lipinski definition) is 1. The van der Waals surface area contributed by atoms with E-state index in [1.54, 1.807) is 0 Å². The van der Waals surface area contributed by atoms with Crippen LogP contribution in [0.15, 0.2) is 20.7 Å². The van der Waals surface area contributed by atoms with Crippen molar-refractivity contribution in [3.05, 3.63) is 27.0 Å². The fourth-order valence-corrected chi connectivity index (χ4v) is 2.13. The largest absolute Gasteiger partial charge is 0.374 e. The van der Waals surface area contributed by atoms with Crippen LogP contribution in [-0.2, 0) is 20.3 Å². The maximum absolute atomic E-state index is 11.5. The fourth-order valence-electron chi connectivity index (χ4n) is 1.28. The summed E-state index contributed by atoms with van der Waals surface area (Å²) in [4.78, 5) is 24.0. The van der Waals surface area contributed by atoms with Gasteiger partial charge < -0.3 is 4.74 Å². The number of H-pyrrole nitrogens is 1. The lowest BCUT2D eigenvalue weighted by Gasteiger charge is -2.19. The van der Waals surface area contributed by atoms with Gasteiger partial charge in [-0.15, -0.1) is 0 Å². The molecule has 0 fully saturated rings. The minimum Gasteiger partial charge on any atom is -0.374 e. The van der Waals surface area contributed by atoms with Crippen LogP contribution in [0.25, 0.3) is 0 Å². The predicted octanol–water partition coefficient (Wildman–Crippen LogP) is 0.279. The first-order chi connectivity index (χ1) is 8.50. The molecule has 1 aromatic heterocycles. The summed E-state index contributed by atoms with van der Waals surface area (Å²) in [7, 11) is 0.902. The van der Waals surface area contributed by atoms with E-state index in [2.05, 4.69) is 0 Å². The fraction of sp³-hybridized carbons (Fsp3) is 0.600. The van der Waals surface area contributed by atoms with Crippen LogP contribution >= 0.6 is 10.7 Å². The van der Waals surface area contributed by atoms with E-state index >= 15 is 0 Å². The minimum atomic E-state index is -4.20. The van der Waals surface area contributed by atoms with Crippen molar-refractivity contribution in [2.75, 3.05) is 6.61 Å². The van der Waals surface area contributed by atoms with Gasteiger partial charge in [-0.25, -0.2) is 13.2 Å². The average Bonchev–Trinajstić information content (AvgIpc) is 2.17. The topological polar surface area (TPSA) is 98.2 Å². The van der Waals surface area contributed by atoms with Crippen LogP contribution in [0, 0.1) is 0 Å². The molecule has 108 valence electrons. The van der Waals surface area contributed by atoms with Crippen LogP contribution < -0.4 is 11.2 Å². The smallest absolute Gasteiger partial charge is 0.328 e. The Morgan fingerprint density at radius 1 is 1.37 bits per heavy atom. The molecule has 0 bridgehead atoms. The zero-order chi connectivity index (χ0) is 14.8. The van der Waals surface area contributed by atoms with E-state index in [4.69, 9.17) is 15.4 Å². The molecule has 0 spiro atoms. The Balaban J connectivity index is 3.04. The number of ether oxygens (including phenoxy) is 1. The third-order valence-electron chi connectivity index (χ3n) is 2.11. The Hall–Kier alpha value is -1.12. The van der Waals surface area contributed by atoms with E-state index in [1.807, 2.05) is 25.8 Å². The summed E-state index contributed by atoms with van der Waals surface area (Å²) in [5, 5.41) is 0. The molecule has 1 rings (SSSR count). The quantitative estimate of drug-likeness (QED) is 0.805. The number of nitrogens with one attached hydrogen (secondary N) is 1. The van der Waals surface area contributed by atoms with E-state index in [0.717, 1.165) is 10.8 Å². The average molecular weight is 311 g/mol. The Labute approximate surface area is 114 Å². The normalized spacial score (nSPS) is 12.6. The SMILES string of the molecule is CC(C)(C)OCCn1cc(S(=O)(=O)Cl)c(=O)[nH]c1=O. The minimum absolute atomic E-state index is 0.103. The molecule has 0 aromatic carbocycles. The van der Waals surface area contributed by atoms with Gasteiger partial charge >= 0.3 is 5.69 Å². The summed E-state index contributed by atoms with van der Waals surface area (Å²) in [6, 6.07) is 0. The molecule has 0 aliphatic rings. The van der Waals surface area contributed by atoms with Gasteiger partial charge in [0.2, 0.25) is 0 Å². The number of aromatic nitrogens is 2. The number of halogens is 1. The maximum Gasteiger partial charge on any atom is 0.328 e. The first-order valence-electron chi connectivity index (χ1n) is 5.43. The van der Waals surface area contributed by atoms with Crippen molar-refractivity contribution in [3.8, 4) is 0 Å². The van der Waals surface area contributed by atoms with Gasteiger partial charge in [-0.3, -0.25) is 14.3 Å². The van der Waals surface area contributed by atoms with E-state index < -0.39 is 25.2 Å². The molecule has 0 aliphatic carbocycles. The first-order valence-corrected chi connectivity index (χ1v) is 7.74. The third kappa shape index (κ3) is 4.81. The summed E-state index contributed by atoms with van der Waals surface area (Å²) >= 11 is 0. The zero-order valence-electron chi connectivity index (χ0n) is 10.8. The Kier molecular flexibility index (Phi) is 4.59. The molecule has 7 nitrogen and oxygen atoms in total.